The van der Waals surface area contributed by atoms with Gasteiger partial charge in [-0.2, -0.15) is 0 Å². The molecule has 0 unspecified atom stereocenters. The lowest BCUT2D eigenvalue weighted by Gasteiger charge is -2.30. The van der Waals surface area contributed by atoms with Crippen LogP contribution in [0.2, 0.25) is 0 Å². The van der Waals surface area contributed by atoms with E-state index < -0.39 is 74.6 Å². The van der Waals surface area contributed by atoms with E-state index >= 15 is 0 Å². The van der Waals surface area contributed by atoms with E-state index in [4.69, 9.17) is 9.47 Å². The van der Waals surface area contributed by atoms with Crippen molar-refractivity contribution < 1.29 is 41.9 Å². The molecule has 3 fully saturated rings. The van der Waals surface area contributed by atoms with Crippen LogP contribution in [0.25, 0.3) is 10.6 Å². The molecule has 2 saturated carbocycles. The second-order valence-electron chi connectivity index (χ2n) is 14.7. The van der Waals surface area contributed by atoms with Crippen LogP contribution in [-0.4, -0.2) is 96.7 Å². The molecule has 0 radical (unpaired) electrons. The van der Waals surface area contributed by atoms with E-state index in [1.54, 1.807) is 5.38 Å². The number of sulfonamides is 1. The Hall–Kier alpha value is -4.51. The number of fused-ring (bicyclic) bond motifs is 8. The van der Waals surface area contributed by atoms with Crippen molar-refractivity contribution in [3.05, 3.63) is 47.5 Å². The van der Waals surface area contributed by atoms with Crippen molar-refractivity contribution in [1.82, 2.24) is 30.6 Å². The summed E-state index contributed by atoms with van der Waals surface area (Å²) in [7, 11) is -3.90. The van der Waals surface area contributed by atoms with Crippen LogP contribution < -0.4 is 25.4 Å². The Kier molecular flexibility index (Phi) is 11.2. The number of carbonyl (C=O) groups excluding carboxylic acids is 5. The smallest absolute Gasteiger partial charge is 0.407 e. The Morgan fingerprint density at radius 1 is 0.981 bits per heavy atom. The molecule has 5 aliphatic rings. The number of nitrogens with zero attached hydrogens (tertiary/aromatic N) is 2. The number of thiazole rings is 1. The normalized spacial score (nSPS) is 29.2. The average Bonchev–Trinajstić information content (AvgIpc) is 4.02. The summed E-state index contributed by atoms with van der Waals surface area (Å²) in [6.07, 6.45) is 9.35. The molecule has 7 bridgehead atoms. The number of carbonyl (C=O) groups is 5. The van der Waals surface area contributed by atoms with E-state index in [1.807, 2.05) is 36.4 Å². The number of cyclic esters (lactones) is 1. The molecule has 0 spiro atoms. The molecular formula is C37H46N6O9S2. The standard InChI is InChI=1S/C37H46N6O9S2/c44-31-29-22-53-33(39-29)23-10-9-12-26(18-23)51-16-7-4-8-17-52-36(48)40-28-13-6-3-1-2-5-11-24-20-37(24,35(47)42-54(49,50)27-14-15-27)41-32(45)30-19-25(38-31)21-43(30)34(28)46/h5,9-12,18,22,24-25,27-28,30H,1-4,6-8,13-17,19-21H2,(H,38,44)(H,40,48)(H,41,45)(H,42,47)/b11-5-/t24-,25-,28+,30+,37-/m1/s1. The SMILES string of the molecule is O=C1N[C@H]2CCCCC/C=C\[C@@H]3C[C@@]3(C(=O)NS(=O)(=O)C3CC3)NC(=O)[C@@H]3C[C@H](CN3C2=O)NC(=O)c2csc(n2)-c2cccc(c2)OCCCCCO1. The van der Waals surface area contributed by atoms with Crippen LogP contribution in [0.15, 0.2) is 41.8 Å². The van der Waals surface area contributed by atoms with Crippen molar-refractivity contribution in [1.29, 1.82) is 0 Å². The third-order valence-electron chi connectivity index (χ3n) is 10.6. The van der Waals surface area contributed by atoms with E-state index in [2.05, 4.69) is 25.7 Å². The van der Waals surface area contributed by atoms with Gasteiger partial charge in [0.1, 0.15) is 34.1 Å². The zero-order chi connectivity index (χ0) is 37.9. The Labute approximate surface area is 318 Å². The van der Waals surface area contributed by atoms with Gasteiger partial charge in [0.05, 0.1) is 18.5 Å². The molecule has 1 aromatic carbocycles. The van der Waals surface area contributed by atoms with Crippen molar-refractivity contribution >= 4 is 51.1 Å². The first-order valence-corrected chi connectivity index (χ1v) is 21.2. The fourth-order valence-corrected chi connectivity index (χ4v) is 9.47. The van der Waals surface area contributed by atoms with Crippen molar-refractivity contribution in [2.24, 2.45) is 5.92 Å². The first-order chi connectivity index (χ1) is 26.0. The molecule has 15 nitrogen and oxygen atoms in total. The third kappa shape index (κ3) is 8.72. The third-order valence-corrected chi connectivity index (χ3v) is 13.3. The Morgan fingerprint density at radius 3 is 2.59 bits per heavy atom. The van der Waals surface area contributed by atoms with Crippen molar-refractivity contribution in [2.45, 2.75) is 106 Å². The summed E-state index contributed by atoms with van der Waals surface area (Å²) in [5.74, 6) is -2.25. The molecule has 54 heavy (non-hydrogen) atoms. The lowest BCUT2D eigenvalue weighted by Crippen LogP contribution is -2.58. The second kappa shape index (κ2) is 16.1. The number of ether oxygens (including phenoxy) is 2. The molecule has 4 heterocycles. The monoisotopic (exact) mass is 782 g/mol. The summed E-state index contributed by atoms with van der Waals surface area (Å²) < 4.78 is 39.2. The highest BCUT2D eigenvalue weighted by Crippen LogP contribution is 2.46. The fraction of sp³-hybridized carbons (Fsp3) is 0.568. The molecule has 5 atom stereocenters. The summed E-state index contributed by atoms with van der Waals surface area (Å²) in [6, 6.07) is 4.60. The molecule has 1 aromatic heterocycles. The Morgan fingerprint density at radius 2 is 1.78 bits per heavy atom. The van der Waals surface area contributed by atoms with Gasteiger partial charge < -0.3 is 30.3 Å². The molecule has 17 heteroatoms. The number of amides is 5. The lowest BCUT2D eigenvalue weighted by molar-refractivity contribution is -0.141. The minimum atomic E-state index is -3.90. The predicted molar refractivity (Wildman–Crippen MR) is 198 cm³/mol. The zero-order valence-corrected chi connectivity index (χ0v) is 31.6. The van der Waals surface area contributed by atoms with Gasteiger partial charge in [0.25, 0.3) is 11.8 Å². The molecule has 3 aliphatic heterocycles. The predicted octanol–water partition coefficient (Wildman–Crippen LogP) is 3.17. The fourth-order valence-electron chi connectivity index (χ4n) is 7.31. The van der Waals surface area contributed by atoms with Crippen LogP contribution >= 0.6 is 11.3 Å². The summed E-state index contributed by atoms with van der Waals surface area (Å²) in [4.78, 5) is 74.8. The van der Waals surface area contributed by atoms with Crippen LogP contribution in [0, 0.1) is 5.92 Å². The van der Waals surface area contributed by atoms with E-state index in [0.717, 1.165) is 31.2 Å². The summed E-state index contributed by atoms with van der Waals surface area (Å²) in [5.41, 5.74) is -0.561. The number of nitrogens with one attached hydrogen (secondary N) is 4. The van der Waals surface area contributed by atoms with Crippen molar-refractivity contribution in [3.63, 3.8) is 0 Å². The molecule has 290 valence electrons. The van der Waals surface area contributed by atoms with Crippen LogP contribution in [0.4, 0.5) is 4.79 Å². The zero-order valence-electron chi connectivity index (χ0n) is 29.9. The maximum Gasteiger partial charge on any atom is 0.407 e. The second-order valence-corrected chi connectivity index (χ2v) is 17.6. The van der Waals surface area contributed by atoms with Crippen molar-refractivity contribution in [3.8, 4) is 16.3 Å². The quantitative estimate of drug-likeness (QED) is 0.335. The number of hydrogen-bond donors (Lipinski definition) is 4. The van der Waals surface area contributed by atoms with E-state index in [0.29, 0.717) is 55.9 Å². The first-order valence-electron chi connectivity index (χ1n) is 18.8. The van der Waals surface area contributed by atoms with Crippen LogP contribution in [0.3, 0.4) is 0 Å². The molecule has 7 rings (SSSR count). The van der Waals surface area contributed by atoms with Crippen LogP contribution in [-0.2, 0) is 29.1 Å². The van der Waals surface area contributed by atoms with E-state index in [-0.39, 0.29) is 31.7 Å². The number of alkyl carbamates (subject to hydrolysis) is 1. The molecule has 2 aromatic rings. The topological polar surface area (TPSA) is 202 Å². The highest BCUT2D eigenvalue weighted by molar-refractivity contribution is 7.91. The van der Waals surface area contributed by atoms with Gasteiger partial charge >= 0.3 is 6.09 Å². The molecule has 1 saturated heterocycles. The Bertz CT molecular complexity index is 1910. The number of aromatic nitrogens is 1. The highest BCUT2D eigenvalue weighted by Gasteiger charge is 2.62. The van der Waals surface area contributed by atoms with Gasteiger partial charge in [0, 0.05) is 29.4 Å². The number of rotatable bonds is 3. The number of hydrogen-bond acceptors (Lipinski definition) is 11. The summed E-state index contributed by atoms with van der Waals surface area (Å²) in [5, 5.41) is 10.1. The molecule has 4 N–H and O–H groups in total. The summed E-state index contributed by atoms with van der Waals surface area (Å²) in [6.45, 7) is 0.557. The largest absolute Gasteiger partial charge is 0.494 e. The maximum atomic E-state index is 14.4. The van der Waals surface area contributed by atoms with E-state index in [1.165, 1.54) is 16.2 Å². The van der Waals surface area contributed by atoms with Gasteiger partial charge in [0.2, 0.25) is 21.8 Å². The van der Waals surface area contributed by atoms with Crippen LogP contribution in [0.1, 0.15) is 87.5 Å². The van der Waals surface area contributed by atoms with Gasteiger partial charge in [-0.1, -0.05) is 37.1 Å². The number of allylic oxidation sites excluding steroid dienone is 1. The first kappa shape index (κ1) is 37.8. The minimum Gasteiger partial charge on any atom is -0.494 e. The van der Waals surface area contributed by atoms with Gasteiger partial charge in [-0.25, -0.2) is 18.2 Å². The summed E-state index contributed by atoms with van der Waals surface area (Å²) >= 11 is 1.30. The number of benzene rings is 1. The maximum absolute atomic E-state index is 14.4. The minimum absolute atomic E-state index is 0.00936. The molecule has 5 amide bonds. The van der Waals surface area contributed by atoms with Gasteiger partial charge in [-0.15, -0.1) is 11.3 Å². The Balaban J connectivity index is 1.17. The average molecular weight is 783 g/mol. The van der Waals surface area contributed by atoms with Crippen molar-refractivity contribution in [2.75, 3.05) is 19.8 Å². The van der Waals surface area contributed by atoms with E-state index in [9.17, 15) is 32.4 Å². The lowest BCUT2D eigenvalue weighted by atomic mass is 10.0. The van der Waals surface area contributed by atoms with Gasteiger partial charge in [0.15, 0.2) is 0 Å². The molecule has 2 aliphatic carbocycles. The van der Waals surface area contributed by atoms with Gasteiger partial charge in [-0.05, 0) is 76.3 Å². The molecular weight excluding hydrogens is 737 g/mol. The highest BCUT2D eigenvalue weighted by atomic mass is 32.2. The van der Waals surface area contributed by atoms with Gasteiger partial charge in [-0.3, -0.25) is 23.9 Å². The van der Waals surface area contributed by atoms with Crippen LogP contribution in [0.5, 0.6) is 5.75 Å².